The van der Waals surface area contributed by atoms with E-state index in [0.717, 1.165) is 41.4 Å². The topological polar surface area (TPSA) is 67.5 Å². The highest BCUT2D eigenvalue weighted by Crippen LogP contribution is 2.81. The Bertz CT molecular complexity index is 440. The van der Waals surface area contributed by atoms with Gasteiger partial charge in [0.25, 0.3) is 0 Å². The van der Waals surface area contributed by atoms with Gasteiger partial charge in [0, 0.05) is 17.5 Å². The van der Waals surface area contributed by atoms with Gasteiger partial charge in [-0.15, -0.1) is 0 Å². The van der Waals surface area contributed by atoms with E-state index in [9.17, 15) is 4.79 Å². The number of primary amides is 1. The fourth-order valence-corrected chi connectivity index (χ4v) is 6.40. The number of rotatable bonds is 1. The van der Waals surface area contributed by atoms with Crippen LogP contribution < -0.4 is 11.2 Å². The largest absolute Gasteiger partial charge is 0.350 e. The molecule has 5 fully saturated rings. The Balaban J connectivity index is 1.60. The van der Waals surface area contributed by atoms with E-state index in [4.69, 9.17) is 5.73 Å². The van der Waals surface area contributed by atoms with Gasteiger partial charge in [-0.2, -0.15) is 5.10 Å². The molecule has 8 atom stereocenters. The highest BCUT2D eigenvalue weighted by atomic mass is 16.2. The van der Waals surface area contributed by atoms with Crippen LogP contribution in [0.15, 0.2) is 5.10 Å². The van der Waals surface area contributed by atoms with Crippen LogP contribution in [-0.4, -0.2) is 11.7 Å². The fraction of sp³-hybridized carbons (Fsp3) is 0.833. The molecule has 4 nitrogen and oxygen atoms in total. The van der Waals surface area contributed by atoms with Crippen LogP contribution in [0.1, 0.15) is 12.8 Å². The first-order valence-electron chi connectivity index (χ1n) is 6.40. The minimum Gasteiger partial charge on any atom is -0.350 e. The molecule has 0 aliphatic heterocycles. The van der Waals surface area contributed by atoms with Crippen molar-refractivity contribution in [3.63, 3.8) is 0 Å². The first-order chi connectivity index (χ1) is 7.77. The lowest BCUT2D eigenvalue weighted by molar-refractivity contribution is 0.0503. The van der Waals surface area contributed by atoms with Crippen molar-refractivity contribution in [3.8, 4) is 0 Å². The SMILES string of the molecule is NC(=O)N/N=C1/[C@@H]2[C@@H]3C[C@@H]4[C@@H]1[C@@H]1[C@H]2C[C@H]3[C@H]41. The zero-order valence-electron chi connectivity index (χ0n) is 8.97. The van der Waals surface area contributed by atoms with Crippen molar-refractivity contribution >= 4 is 11.7 Å². The van der Waals surface area contributed by atoms with Gasteiger partial charge in [-0.1, -0.05) is 0 Å². The summed E-state index contributed by atoms with van der Waals surface area (Å²) in [5.74, 6) is 7.16. The van der Waals surface area contributed by atoms with E-state index in [1.165, 1.54) is 18.6 Å². The van der Waals surface area contributed by atoms with Crippen LogP contribution >= 0.6 is 0 Å². The third-order valence-corrected chi connectivity index (χ3v) is 6.34. The van der Waals surface area contributed by atoms with Crippen LogP contribution in [0.2, 0.25) is 0 Å². The summed E-state index contributed by atoms with van der Waals surface area (Å²) in [5.41, 5.74) is 8.87. The van der Waals surface area contributed by atoms with Crippen molar-refractivity contribution in [2.24, 2.45) is 58.2 Å². The van der Waals surface area contributed by atoms with Gasteiger partial charge < -0.3 is 5.73 Å². The summed E-state index contributed by atoms with van der Waals surface area (Å²) >= 11 is 0. The summed E-state index contributed by atoms with van der Waals surface area (Å²) < 4.78 is 0. The van der Waals surface area contributed by atoms with Gasteiger partial charge >= 0.3 is 6.03 Å². The molecule has 0 saturated heterocycles. The molecule has 0 aromatic heterocycles. The predicted octanol–water partition coefficient (Wildman–Crippen LogP) is 0.788. The van der Waals surface area contributed by atoms with Gasteiger partial charge in [-0.05, 0) is 48.3 Å². The number of hydrazone groups is 1. The average Bonchev–Trinajstić information content (AvgIpc) is 2.72. The number of urea groups is 1. The predicted molar refractivity (Wildman–Crippen MR) is 57.3 cm³/mol. The summed E-state index contributed by atoms with van der Waals surface area (Å²) in [6.07, 6.45) is 2.90. The second-order valence-corrected chi connectivity index (χ2v) is 6.35. The van der Waals surface area contributed by atoms with Gasteiger partial charge in [0.2, 0.25) is 0 Å². The normalized spacial score (nSPS) is 64.4. The monoisotopic (exact) mass is 217 g/mol. The zero-order valence-corrected chi connectivity index (χ0v) is 8.97. The summed E-state index contributed by atoms with van der Waals surface area (Å²) in [7, 11) is 0. The zero-order chi connectivity index (χ0) is 10.6. The van der Waals surface area contributed by atoms with E-state index in [-0.39, 0.29) is 0 Å². The third kappa shape index (κ3) is 0.590. The Labute approximate surface area is 93.6 Å². The minimum absolute atomic E-state index is 0.522. The second-order valence-electron chi connectivity index (χ2n) is 6.35. The Morgan fingerprint density at radius 3 is 2.69 bits per heavy atom. The Morgan fingerprint density at radius 2 is 1.88 bits per heavy atom. The second kappa shape index (κ2) is 2.15. The molecule has 0 aromatic rings. The number of nitrogens with two attached hydrogens (primary N) is 1. The van der Waals surface area contributed by atoms with Crippen LogP contribution in [-0.2, 0) is 0 Å². The molecule has 2 bridgehead atoms. The molecule has 5 rings (SSSR count). The maximum Gasteiger partial charge on any atom is 0.332 e. The molecule has 0 unspecified atom stereocenters. The minimum atomic E-state index is -0.522. The number of hydrogen-bond donors (Lipinski definition) is 2. The molecular weight excluding hydrogens is 202 g/mol. The fourth-order valence-electron chi connectivity index (χ4n) is 6.40. The van der Waals surface area contributed by atoms with Crippen molar-refractivity contribution in [3.05, 3.63) is 0 Å². The van der Waals surface area contributed by atoms with E-state index in [0.29, 0.717) is 5.92 Å². The highest BCUT2D eigenvalue weighted by molar-refractivity contribution is 5.96. The van der Waals surface area contributed by atoms with Gasteiger partial charge in [0.15, 0.2) is 0 Å². The standard InChI is InChI=1S/C12H15N3O/c13-12(16)15-14-11-8-4-2-5-7-3(4)1-6(8)9(7)10(5)11/h3-10H,1-2H2,(H3,13,15,16)/b14-11-/t3-,4-,5+,6+,7-,8-,9-,10-/m1/s1. The number of carbonyl (C=O) groups excluding carboxylic acids is 1. The Morgan fingerprint density at radius 1 is 1.12 bits per heavy atom. The lowest BCUT2D eigenvalue weighted by atomic mass is 9.59. The maximum absolute atomic E-state index is 10.8. The van der Waals surface area contributed by atoms with E-state index in [1.54, 1.807) is 0 Å². The summed E-state index contributed by atoms with van der Waals surface area (Å²) in [4.78, 5) is 10.8. The Kier molecular flexibility index (Phi) is 1.09. The van der Waals surface area contributed by atoms with Crippen LogP contribution in [0, 0.1) is 47.3 Å². The van der Waals surface area contributed by atoms with E-state index < -0.39 is 6.03 Å². The van der Waals surface area contributed by atoms with Gasteiger partial charge in [0.1, 0.15) is 0 Å². The summed E-state index contributed by atoms with van der Waals surface area (Å²) in [6.45, 7) is 0. The molecule has 4 heteroatoms. The summed E-state index contributed by atoms with van der Waals surface area (Å²) in [6, 6.07) is -0.522. The number of fused-ring (bicyclic) bond motifs is 2. The quantitative estimate of drug-likeness (QED) is 0.626. The lowest BCUT2D eigenvalue weighted by Gasteiger charge is -2.44. The van der Waals surface area contributed by atoms with E-state index >= 15 is 0 Å². The molecule has 5 aliphatic carbocycles. The van der Waals surface area contributed by atoms with E-state index in [2.05, 4.69) is 10.5 Å². The van der Waals surface area contributed by atoms with Crippen molar-refractivity contribution in [1.29, 1.82) is 0 Å². The first kappa shape index (κ1) is 8.09. The van der Waals surface area contributed by atoms with Crippen LogP contribution in [0.25, 0.3) is 0 Å². The molecule has 16 heavy (non-hydrogen) atoms. The lowest BCUT2D eigenvalue weighted by Crippen LogP contribution is -2.44. The molecule has 5 saturated carbocycles. The number of hydrogen-bond acceptors (Lipinski definition) is 2. The molecule has 0 radical (unpaired) electrons. The maximum atomic E-state index is 10.8. The smallest absolute Gasteiger partial charge is 0.332 e. The van der Waals surface area contributed by atoms with Gasteiger partial charge in [-0.3, -0.25) is 0 Å². The van der Waals surface area contributed by atoms with Crippen molar-refractivity contribution in [2.75, 3.05) is 0 Å². The van der Waals surface area contributed by atoms with Crippen LogP contribution in [0.5, 0.6) is 0 Å². The molecule has 3 N–H and O–H groups in total. The molecular formula is C12H15N3O. The van der Waals surface area contributed by atoms with Crippen molar-refractivity contribution < 1.29 is 4.79 Å². The number of nitrogens with zero attached hydrogens (tertiary/aromatic N) is 1. The molecule has 2 amide bonds. The summed E-state index contributed by atoms with van der Waals surface area (Å²) in [5, 5.41) is 4.33. The molecule has 0 spiro atoms. The van der Waals surface area contributed by atoms with Gasteiger partial charge in [0.05, 0.1) is 0 Å². The Hall–Kier alpha value is -1.06. The van der Waals surface area contributed by atoms with E-state index in [1.807, 2.05) is 0 Å². The van der Waals surface area contributed by atoms with Crippen LogP contribution in [0.4, 0.5) is 4.79 Å². The number of nitrogens with one attached hydrogen (secondary N) is 1. The number of amides is 2. The molecule has 0 heterocycles. The highest BCUT2D eigenvalue weighted by Gasteiger charge is 2.79. The average molecular weight is 217 g/mol. The van der Waals surface area contributed by atoms with Crippen molar-refractivity contribution in [2.45, 2.75) is 12.8 Å². The van der Waals surface area contributed by atoms with Crippen LogP contribution in [0.3, 0.4) is 0 Å². The van der Waals surface area contributed by atoms with Crippen molar-refractivity contribution in [1.82, 2.24) is 5.43 Å². The molecule has 5 aliphatic rings. The third-order valence-electron chi connectivity index (χ3n) is 6.34. The van der Waals surface area contributed by atoms with Gasteiger partial charge in [-0.25, -0.2) is 10.2 Å². The number of carbonyl (C=O) groups is 1. The first-order valence-corrected chi connectivity index (χ1v) is 6.40. The molecule has 0 aromatic carbocycles. The molecule has 84 valence electrons.